The minimum absolute atomic E-state index is 0.873. The van der Waals surface area contributed by atoms with E-state index in [1.54, 1.807) is 6.33 Å². The molecule has 0 amide bonds. The molecule has 13 heavy (non-hydrogen) atoms. The monoisotopic (exact) mass is 212 g/mol. The summed E-state index contributed by atoms with van der Waals surface area (Å²) in [6.07, 6.45) is 3.52. The molecule has 0 bridgehead atoms. The first-order valence-electron chi connectivity index (χ1n) is 3.78. The van der Waals surface area contributed by atoms with Gasteiger partial charge in [0.25, 0.3) is 0 Å². The summed E-state index contributed by atoms with van der Waals surface area (Å²) in [5, 5.41) is 4.11. The van der Waals surface area contributed by atoms with E-state index < -0.39 is 0 Å². The van der Waals surface area contributed by atoms with E-state index in [4.69, 9.17) is 0 Å². The number of aryl methyl sites for hydroxylation is 1. The summed E-state index contributed by atoms with van der Waals surface area (Å²) in [4.78, 5) is 4.17. The first kappa shape index (κ1) is 8.86. The predicted molar refractivity (Wildman–Crippen MR) is 59.6 cm³/mol. The zero-order valence-corrected chi connectivity index (χ0v) is 9.49. The summed E-state index contributed by atoms with van der Waals surface area (Å²) in [6, 6.07) is 2.05. The number of anilines is 1. The predicted octanol–water partition coefficient (Wildman–Crippen LogP) is 1.42. The van der Waals surface area contributed by atoms with Crippen molar-refractivity contribution >= 4 is 30.1 Å². The van der Waals surface area contributed by atoms with Gasteiger partial charge >= 0.3 is 0 Å². The summed E-state index contributed by atoms with van der Waals surface area (Å²) in [5.74, 6) is 0.873. The van der Waals surface area contributed by atoms with Crippen LogP contribution < -0.4 is 4.44 Å². The van der Waals surface area contributed by atoms with E-state index >= 15 is 0 Å². The van der Waals surface area contributed by atoms with E-state index in [9.17, 15) is 0 Å². The molecule has 0 N–H and O–H groups in total. The number of hydrogen-bond donors (Lipinski definition) is 0. The van der Waals surface area contributed by atoms with Crippen LogP contribution in [0, 0.1) is 6.92 Å². The van der Waals surface area contributed by atoms with E-state index in [1.807, 2.05) is 22.1 Å². The highest BCUT2D eigenvalue weighted by molar-refractivity contribution is 7.39. The Kier molecular flexibility index (Phi) is 2.19. The number of rotatable bonds is 1. The van der Waals surface area contributed by atoms with Crippen molar-refractivity contribution in [1.82, 2.24) is 14.6 Å². The minimum atomic E-state index is 0.873. The lowest BCUT2D eigenvalue weighted by atomic mass is 10.4. The molecule has 0 aliphatic heterocycles. The maximum absolute atomic E-state index is 4.17. The van der Waals surface area contributed by atoms with Crippen LogP contribution in [0.1, 0.15) is 5.56 Å². The molecule has 0 fully saturated rings. The Morgan fingerprint density at radius 3 is 2.92 bits per heavy atom. The Hall–Kier alpha value is -0.720. The van der Waals surface area contributed by atoms with Gasteiger partial charge in [-0.05, 0) is 37.3 Å². The summed E-state index contributed by atoms with van der Waals surface area (Å²) >= 11 is 0. The van der Waals surface area contributed by atoms with Gasteiger partial charge in [-0.25, -0.2) is 9.50 Å². The molecular weight excluding hydrogens is 202 g/mol. The second-order valence-electron chi connectivity index (χ2n) is 2.84. The van der Waals surface area contributed by atoms with Gasteiger partial charge in [-0.3, -0.25) is 0 Å². The van der Waals surface area contributed by atoms with Crippen LogP contribution in [-0.4, -0.2) is 14.6 Å². The van der Waals surface area contributed by atoms with Crippen molar-refractivity contribution in [2.45, 2.75) is 6.92 Å². The topological polar surface area (TPSA) is 33.4 Å². The largest absolute Gasteiger partial charge is 0.324 e. The summed E-state index contributed by atoms with van der Waals surface area (Å²) in [5.41, 5.74) is 2.18. The molecule has 0 aliphatic rings. The summed E-state index contributed by atoms with van der Waals surface area (Å²) < 4.78 is 3.63. The molecule has 2 atom stereocenters. The molecule has 4 nitrogen and oxygen atoms in total. The highest BCUT2D eigenvalue weighted by Crippen LogP contribution is 2.25. The van der Waals surface area contributed by atoms with Gasteiger partial charge in [-0.1, -0.05) is 0 Å². The lowest BCUT2D eigenvalue weighted by Crippen LogP contribution is -1.99. The van der Waals surface area contributed by atoms with Crippen LogP contribution in [0.3, 0.4) is 0 Å². The van der Waals surface area contributed by atoms with E-state index in [0.29, 0.717) is 0 Å². The van der Waals surface area contributed by atoms with Crippen molar-refractivity contribution in [3.05, 3.63) is 24.2 Å². The van der Waals surface area contributed by atoms with Crippen molar-refractivity contribution in [2.75, 3.05) is 4.44 Å². The second kappa shape index (κ2) is 3.21. The molecule has 2 rings (SSSR count). The molecule has 68 valence electrons. The van der Waals surface area contributed by atoms with Crippen LogP contribution in [0.4, 0.5) is 5.82 Å². The second-order valence-corrected chi connectivity index (χ2v) is 4.55. The van der Waals surface area contributed by atoms with Crippen molar-refractivity contribution in [2.24, 2.45) is 0 Å². The normalized spacial score (nSPS) is 10.7. The van der Waals surface area contributed by atoms with Crippen molar-refractivity contribution in [1.29, 1.82) is 0 Å². The molecule has 0 aliphatic carbocycles. The van der Waals surface area contributed by atoms with Crippen LogP contribution in [0.25, 0.3) is 5.52 Å². The molecule has 0 saturated heterocycles. The van der Waals surface area contributed by atoms with Crippen molar-refractivity contribution < 1.29 is 0 Å². The molecule has 2 heterocycles. The van der Waals surface area contributed by atoms with Gasteiger partial charge in [-0.2, -0.15) is 5.10 Å². The van der Waals surface area contributed by atoms with Gasteiger partial charge in [0.1, 0.15) is 11.8 Å². The third-order valence-corrected chi connectivity index (χ3v) is 2.26. The maximum atomic E-state index is 4.17. The third-order valence-electron chi connectivity index (χ3n) is 1.77. The molecular formula is C7H10N4P2. The Morgan fingerprint density at radius 1 is 1.46 bits per heavy atom. The Balaban J connectivity index is 2.75. The molecule has 2 unspecified atom stereocenters. The lowest BCUT2D eigenvalue weighted by molar-refractivity contribution is 0.903. The Morgan fingerprint density at radius 2 is 2.23 bits per heavy atom. The van der Waals surface area contributed by atoms with Crippen molar-refractivity contribution in [3.63, 3.8) is 0 Å². The Bertz CT molecular complexity index is 437. The van der Waals surface area contributed by atoms with E-state index in [1.165, 1.54) is 5.56 Å². The molecule has 0 saturated carbocycles. The molecule has 0 aromatic carbocycles. The molecule has 0 spiro atoms. The summed E-state index contributed by atoms with van der Waals surface area (Å²) in [6.45, 7) is 2.04. The fourth-order valence-electron chi connectivity index (χ4n) is 1.25. The smallest absolute Gasteiger partial charge is 0.162 e. The average molecular weight is 212 g/mol. The fourth-order valence-corrected chi connectivity index (χ4v) is 1.64. The van der Waals surface area contributed by atoms with Crippen LogP contribution in [0.5, 0.6) is 0 Å². The molecule has 6 heteroatoms. The van der Waals surface area contributed by atoms with Crippen LogP contribution in [-0.2, 0) is 0 Å². The van der Waals surface area contributed by atoms with Gasteiger partial charge in [-0.15, -0.1) is 0 Å². The van der Waals surface area contributed by atoms with Gasteiger partial charge < -0.3 is 4.44 Å². The number of fused-ring (bicyclic) bond motifs is 1. The standard InChI is InChI=1S/C7H10N4P2/c1-5-2-6-7(11(12)13)8-4-9-10(6)3-5/h2-4H,12-13H2,1H3. The number of nitrogens with zero attached hydrogens (tertiary/aromatic N) is 4. The number of aromatic nitrogens is 3. The van der Waals surface area contributed by atoms with Crippen LogP contribution >= 0.6 is 18.8 Å². The quantitative estimate of drug-likeness (QED) is 0.670. The van der Waals surface area contributed by atoms with E-state index in [-0.39, 0.29) is 0 Å². The van der Waals surface area contributed by atoms with Gasteiger partial charge in [0.15, 0.2) is 5.82 Å². The zero-order chi connectivity index (χ0) is 9.42. The van der Waals surface area contributed by atoms with Crippen LogP contribution in [0.15, 0.2) is 18.6 Å². The SMILES string of the molecule is Cc1cc2c(N(P)P)ncnn2c1. The average Bonchev–Trinajstić information content (AvgIpc) is 2.43. The lowest BCUT2D eigenvalue weighted by Gasteiger charge is -2.10. The zero-order valence-electron chi connectivity index (χ0n) is 7.18. The first-order valence-corrected chi connectivity index (χ1v) is 4.81. The Labute approximate surface area is 80.9 Å². The van der Waals surface area contributed by atoms with Gasteiger partial charge in [0.2, 0.25) is 0 Å². The first-order chi connectivity index (χ1) is 6.18. The highest BCUT2D eigenvalue weighted by atomic mass is 31.1. The molecule has 2 aromatic rings. The fraction of sp³-hybridized carbons (Fsp3) is 0.143. The van der Waals surface area contributed by atoms with Gasteiger partial charge in [0.05, 0.1) is 0 Å². The molecule has 0 radical (unpaired) electrons. The minimum Gasteiger partial charge on any atom is -0.324 e. The third kappa shape index (κ3) is 1.52. The molecule has 2 aromatic heterocycles. The van der Waals surface area contributed by atoms with E-state index in [2.05, 4.69) is 34.9 Å². The van der Waals surface area contributed by atoms with E-state index in [0.717, 1.165) is 11.3 Å². The van der Waals surface area contributed by atoms with Crippen molar-refractivity contribution in [3.8, 4) is 0 Å². The highest BCUT2D eigenvalue weighted by Gasteiger charge is 2.05. The number of hydrogen-bond acceptors (Lipinski definition) is 3. The maximum Gasteiger partial charge on any atom is 0.162 e. The van der Waals surface area contributed by atoms with Gasteiger partial charge in [0, 0.05) is 6.20 Å². The van der Waals surface area contributed by atoms with Crippen LogP contribution in [0.2, 0.25) is 0 Å². The summed E-state index contributed by atoms with van der Waals surface area (Å²) in [7, 11) is 5.09.